The summed E-state index contributed by atoms with van der Waals surface area (Å²) >= 11 is 0. The quantitative estimate of drug-likeness (QED) is 0.465. The monoisotopic (exact) mass is 479 g/mol. The van der Waals surface area contributed by atoms with E-state index in [9.17, 15) is 21.6 Å². The zero-order valence-electron chi connectivity index (χ0n) is 19.4. The molecule has 0 saturated heterocycles. The molecule has 0 spiro atoms. The van der Waals surface area contributed by atoms with E-state index >= 15 is 0 Å². The molecule has 4 aliphatic rings. The van der Waals surface area contributed by atoms with Crippen molar-refractivity contribution < 1.29 is 26.3 Å². The van der Waals surface area contributed by atoms with Crippen LogP contribution in [0.15, 0.2) is 0 Å². The molecule has 7 unspecified atom stereocenters. The molecule has 4 nitrogen and oxygen atoms in total. The van der Waals surface area contributed by atoms with Gasteiger partial charge < -0.3 is 4.74 Å². The van der Waals surface area contributed by atoms with Gasteiger partial charge in [0.15, 0.2) is 0 Å². The normalized spacial score (nSPS) is 39.2. The Balaban J connectivity index is 1.39. The van der Waals surface area contributed by atoms with Gasteiger partial charge in [-0.25, -0.2) is 8.42 Å². The summed E-state index contributed by atoms with van der Waals surface area (Å²) in [5, 5.41) is -0.915. The van der Waals surface area contributed by atoms with Gasteiger partial charge in [-0.05, 0) is 76.0 Å². The van der Waals surface area contributed by atoms with Crippen molar-refractivity contribution in [2.24, 2.45) is 17.8 Å². The first kappa shape index (κ1) is 24.8. The number of sulfonamides is 1. The maximum Gasteiger partial charge on any atom is 0.391 e. The smallest absolute Gasteiger partial charge is 0.375 e. The van der Waals surface area contributed by atoms with E-state index in [4.69, 9.17) is 4.74 Å². The Bertz CT molecular complexity index is 728. The van der Waals surface area contributed by atoms with Crippen molar-refractivity contribution in [3.05, 3.63) is 0 Å². The number of hydrogen-bond donors (Lipinski definition) is 0. The summed E-state index contributed by atoms with van der Waals surface area (Å²) < 4.78 is 74.9. The number of fused-ring (bicyclic) bond motifs is 1. The van der Waals surface area contributed by atoms with Crippen LogP contribution in [0.3, 0.4) is 0 Å². The SMILES string of the molecule is CCN(C1CCCC(OC2CCC3CCCCC32)C1)S(=O)(=O)C1CCCC(C(F)(F)F)C1. The van der Waals surface area contributed by atoms with Gasteiger partial charge in [-0.1, -0.05) is 32.6 Å². The standard InChI is InChI=1S/C24H40F3NO3S/c1-2-28(32(29,30)21-11-5-8-18(15-21)24(25,26)27)19-9-6-10-20(16-19)31-23-14-13-17-7-3-4-12-22(17)23/h17-23H,2-16H2,1H3. The third-order valence-corrected chi connectivity index (χ3v) is 11.3. The summed E-state index contributed by atoms with van der Waals surface area (Å²) in [6.07, 6.45) is 7.37. The second-order valence-corrected chi connectivity index (χ2v) is 12.8. The predicted molar refractivity (Wildman–Crippen MR) is 119 cm³/mol. The van der Waals surface area contributed by atoms with Crippen LogP contribution in [0.1, 0.15) is 96.8 Å². The van der Waals surface area contributed by atoms with Crippen LogP contribution in [0.5, 0.6) is 0 Å². The number of rotatable bonds is 6. The summed E-state index contributed by atoms with van der Waals surface area (Å²) in [5.41, 5.74) is 0. The highest BCUT2D eigenvalue weighted by molar-refractivity contribution is 7.89. The summed E-state index contributed by atoms with van der Waals surface area (Å²) in [4.78, 5) is 0. The zero-order valence-corrected chi connectivity index (χ0v) is 20.2. The number of nitrogens with zero attached hydrogens (tertiary/aromatic N) is 1. The van der Waals surface area contributed by atoms with Crippen LogP contribution in [0.4, 0.5) is 13.2 Å². The second kappa shape index (κ2) is 10.1. The molecule has 0 bridgehead atoms. The van der Waals surface area contributed by atoms with Crippen molar-refractivity contribution >= 4 is 10.0 Å². The van der Waals surface area contributed by atoms with Crippen molar-refractivity contribution in [1.82, 2.24) is 4.31 Å². The van der Waals surface area contributed by atoms with Crippen molar-refractivity contribution in [2.75, 3.05) is 6.54 Å². The first-order valence-electron chi connectivity index (χ1n) is 12.9. The van der Waals surface area contributed by atoms with Gasteiger partial charge >= 0.3 is 6.18 Å². The van der Waals surface area contributed by atoms with Crippen LogP contribution < -0.4 is 0 Å². The Morgan fingerprint density at radius 3 is 2.38 bits per heavy atom. The molecule has 0 aromatic rings. The highest BCUT2D eigenvalue weighted by Gasteiger charge is 2.47. The molecular formula is C24H40F3NO3S. The lowest BCUT2D eigenvalue weighted by atomic mass is 9.81. The average molecular weight is 480 g/mol. The average Bonchev–Trinajstić information content (AvgIpc) is 3.17. The molecule has 7 atom stereocenters. The number of hydrogen-bond acceptors (Lipinski definition) is 3. The van der Waals surface area contributed by atoms with Crippen LogP contribution in [-0.4, -0.2) is 48.9 Å². The molecule has 4 aliphatic carbocycles. The molecule has 32 heavy (non-hydrogen) atoms. The molecule has 4 rings (SSSR count). The number of alkyl halides is 3. The lowest BCUT2D eigenvalue weighted by Gasteiger charge is -2.40. The molecule has 4 saturated carbocycles. The van der Waals surface area contributed by atoms with E-state index in [1.807, 2.05) is 6.92 Å². The van der Waals surface area contributed by atoms with E-state index < -0.39 is 27.4 Å². The Morgan fingerprint density at radius 2 is 1.62 bits per heavy atom. The predicted octanol–water partition coefficient (Wildman–Crippen LogP) is 6.06. The molecule has 0 heterocycles. The van der Waals surface area contributed by atoms with E-state index in [-0.39, 0.29) is 25.0 Å². The summed E-state index contributed by atoms with van der Waals surface area (Å²) in [5.74, 6) is -0.0341. The van der Waals surface area contributed by atoms with Gasteiger partial charge in [-0.15, -0.1) is 0 Å². The lowest BCUT2D eigenvalue weighted by Crippen LogP contribution is -2.49. The Labute approximate surface area is 191 Å². The maximum atomic E-state index is 13.4. The van der Waals surface area contributed by atoms with E-state index in [0.717, 1.165) is 31.6 Å². The molecular weight excluding hydrogens is 439 g/mol. The maximum absolute atomic E-state index is 13.4. The summed E-state index contributed by atoms with van der Waals surface area (Å²) in [6.45, 7) is 2.14. The summed E-state index contributed by atoms with van der Waals surface area (Å²) in [6, 6.07) is -0.154. The highest BCUT2D eigenvalue weighted by atomic mass is 32.2. The van der Waals surface area contributed by atoms with Crippen LogP contribution in [0, 0.1) is 17.8 Å². The minimum Gasteiger partial charge on any atom is -0.375 e. The van der Waals surface area contributed by atoms with Crippen molar-refractivity contribution in [3.8, 4) is 0 Å². The number of halogens is 3. The van der Waals surface area contributed by atoms with Crippen LogP contribution in [0.25, 0.3) is 0 Å². The zero-order chi connectivity index (χ0) is 22.9. The van der Waals surface area contributed by atoms with Crippen molar-refractivity contribution in [1.29, 1.82) is 0 Å². The second-order valence-electron chi connectivity index (χ2n) is 10.7. The van der Waals surface area contributed by atoms with E-state index in [1.54, 1.807) is 0 Å². The minimum atomic E-state index is -4.31. The first-order chi connectivity index (χ1) is 15.2. The highest BCUT2D eigenvalue weighted by Crippen LogP contribution is 2.45. The van der Waals surface area contributed by atoms with Gasteiger partial charge in [-0.2, -0.15) is 17.5 Å². The Morgan fingerprint density at radius 1 is 0.875 bits per heavy atom. The minimum absolute atomic E-state index is 0.0462. The molecule has 0 N–H and O–H groups in total. The van der Waals surface area contributed by atoms with Gasteiger partial charge in [-0.3, -0.25) is 0 Å². The molecule has 0 radical (unpaired) electrons. The number of ether oxygens (including phenoxy) is 1. The fourth-order valence-electron chi connectivity index (χ4n) is 7.15. The summed E-state index contributed by atoms with van der Waals surface area (Å²) in [7, 11) is -3.76. The fourth-order valence-corrected chi connectivity index (χ4v) is 9.44. The van der Waals surface area contributed by atoms with Crippen LogP contribution in [0.2, 0.25) is 0 Å². The lowest BCUT2D eigenvalue weighted by molar-refractivity contribution is -0.181. The Kier molecular flexibility index (Phi) is 7.82. The molecule has 0 amide bonds. The molecule has 0 aromatic heterocycles. The molecule has 0 aliphatic heterocycles. The van der Waals surface area contributed by atoms with Crippen LogP contribution >= 0.6 is 0 Å². The topological polar surface area (TPSA) is 46.6 Å². The fraction of sp³-hybridized carbons (Fsp3) is 1.00. The molecule has 0 aromatic carbocycles. The van der Waals surface area contributed by atoms with Gasteiger partial charge in [0.05, 0.1) is 23.4 Å². The van der Waals surface area contributed by atoms with Gasteiger partial charge in [0.25, 0.3) is 0 Å². The third kappa shape index (κ3) is 5.32. The van der Waals surface area contributed by atoms with E-state index in [1.165, 1.54) is 36.4 Å². The van der Waals surface area contributed by atoms with Gasteiger partial charge in [0, 0.05) is 12.6 Å². The van der Waals surface area contributed by atoms with Crippen molar-refractivity contribution in [2.45, 2.75) is 126 Å². The van der Waals surface area contributed by atoms with Gasteiger partial charge in [0.1, 0.15) is 0 Å². The van der Waals surface area contributed by atoms with Crippen molar-refractivity contribution in [3.63, 3.8) is 0 Å². The first-order valence-corrected chi connectivity index (χ1v) is 14.4. The molecule has 4 fully saturated rings. The largest absolute Gasteiger partial charge is 0.391 e. The molecule has 8 heteroatoms. The van der Waals surface area contributed by atoms with Crippen LogP contribution in [-0.2, 0) is 14.8 Å². The van der Waals surface area contributed by atoms with E-state index in [2.05, 4.69) is 0 Å². The Hall–Kier alpha value is -0.340. The third-order valence-electron chi connectivity index (χ3n) is 8.79. The van der Waals surface area contributed by atoms with Gasteiger partial charge in [0.2, 0.25) is 10.0 Å². The molecule has 186 valence electrons. The van der Waals surface area contributed by atoms with E-state index in [0.29, 0.717) is 37.8 Å².